The van der Waals surface area contributed by atoms with E-state index >= 15 is 0 Å². The van der Waals surface area contributed by atoms with E-state index in [9.17, 15) is 5.11 Å². The molecule has 0 aromatic heterocycles. The van der Waals surface area contributed by atoms with Crippen molar-refractivity contribution in [1.82, 2.24) is 4.90 Å². The molecule has 1 saturated heterocycles. The zero-order valence-electron chi connectivity index (χ0n) is 6.09. The lowest BCUT2D eigenvalue weighted by atomic mass is 10.1. The summed E-state index contributed by atoms with van der Waals surface area (Å²) in [4.78, 5) is 2.21. The van der Waals surface area contributed by atoms with Gasteiger partial charge in [-0.1, -0.05) is 0 Å². The van der Waals surface area contributed by atoms with Crippen LogP contribution in [0.25, 0.3) is 0 Å². The maximum atomic E-state index is 9.30. The molecule has 9 heavy (non-hydrogen) atoms. The first-order valence-corrected chi connectivity index (χ1v) is 3.34. The van der Waals surface area contributed by atoms with Crippen LogP contribution in [-0.2, 0) is 0 Å². The van der Waals surface area contributed by atoms with Crippen LogP contribution in [0.2, 0.25) is 0 Å². The number of aliphatic hydroxyl groups is 1. The molecule has 1 N–H and O–H groups in total. The Hall–Kier alpha value is -0.0800. The summed E-state index contributed by atoms with van der Waals surface area (Å²) in [5, 5.41) is 9.30. The molecular weight excluding hydrogens is 114 g/mol. The van der Waals surface area contributed by atoms with Gasteiger partial charge in [0.25, 0.3) is 0 Å². The van der Waals surface area contributed by atoms with Gasteiger partial charge in [0.15, 0.2) is 0 Å². The molecule has 2 heteroatoms. The second-order valence-corrected chi connectivity index (χ2v) is 3.30. The van der Waals surface area contributed by atoms with E-state index in [0.717, 1.165) is 19.6 Å². The number of rotatable bonds is 2. The zero-order chi connectivity index (χ0) is 6.91. The van der Waals surface area contributed by atoms with Crippen LogP contribution in [0.4, 0.5) is 0 Å². The van der Waals surface area contributed by atoms with Crippen molar-refractivity contribution in [2.75, 3.05) is 19.6 Å². The second kappa shape index (κ2) is 2.27. The smallest absolute Gasteiger partial charge is 0.0718 e. The number of nitrogens with zero attached hydrogens (tertiary/aromatic N) is 1. The fourth-order valence-corrected chi connectivity index (χ4v) is 0.988. The topological polar surface area (TPSA) is 23.5 Å². The molecule has 0 amide bonds. The summed E-state index contributed by atoms with van der Waals surface area (Å²) in [6.07, 6.45) is 2.20. The first-order chi connectivity index (χ1) is 4.08. The lowest BCUT2D eigenvalue weighted by Gasteiger charge is -2.35. The van der Waals surface area contributed by atoms with Gasteiger partial charge in [0, 0.05) is 19.6 Å². The van der Waals surface area contributed by atoms with Crippen molar-refractivity contribution in [3.05, 3.63) is 6.42 Å². The van der Waals surface area contributed by atoms with Crippen LogP contribution >= 0.6 is 0 Å². The highest BCUT2D eigenvalue weighted by molar-refractivity contribution is 4.89. The monoisotopic (exact) mass is 128 g/mol. The number of likely N-dealkylation sites (tertiary alicyclic amines) is 1. The van der Waals surface area contributed by atoms with Gasteiger partial charge < -0.3 is 5.11 Å². The maximum absolute atomic E-state index is 9.30. The summed E-state index contributed by atoms with van der Waals surface area (Å²) < 4.78 is 0. The third kappa shape index (κ3) is 2.33. The second-order valence-electron chi connectivity index (χ2n) is 3.30. The average molecular weight is 128 g/mol. The van der Waals surface area contributed by atoms with Gasteiger partial charge in [0.1, 0.15) is 0 Å². The predicted molar refractivity (Wildman–Crippen MR) is 37.0 cm³/mol. The Balaban J connectivity index is 2.16. The van der Waals surface area contributed by atoms with Crippen molar-refractivity contribution in [3.63, 3.8) is 0 Å². The normalized spacial score (nSPS) is 21.7. The minimum Gasteiger partial charge on any atom is -0.389 e. The maximum Gasteiger partial charge on any atom is 0.0718 e. The summed E-state index contributed by atoms with van der Waals surface area (Å²) in [7, 11) is 0. The van der Waals surface area contributed by atoms with Gasteiger partial charge in [-0.2, -0.15) is 0 Å². The SMILES string of the molecule is CC(C)(O)CN1C[CH]C1. The van der Waals surface area contributed by atoms with E-state index in [2.05, 4.69) is 11.3 Å². The third-order valence-electron chi connectivity index (χ3n) is 1.39. The van der Waals surface area contributed by atoms with Crippen LogP contribution in [0.5, 0.6) is 0 Å². The van der Waals surface area contributed by atoms with E-state index in [0.29, 0.717) is 0 Å². The molecule has 1 aliphatic rings. The molecular formula is C7H14NO. The highest BCUT2D eigenvalue weighted by Crippen LogP contribution is 2.10. The van der Waals surface area contributed by atoms with Crippen LogP contribution in [0.15, 0.2) is 0 Å². The van der Waals surface area contributed by atoms with Gasteiger partial charge in [-0.05, 0) is 20.3 Å². The van der Waals surface area contributed by atoms with Gasteiger partial charge in [-0.25, -0.2) is 0 Å². The quantitative estimate of drug-likeness (QED) is 0.577. The average Bonchev–Trinajstić information content (AvgIpc) is 1.53. The molecule has 1 radical (unpaired) electrons. The largest absolute Gasteiger partial charge is 0.389 e. The molecule has 53 valence electrons. The van der Waals surface area contributed by atoms with Gasteiger partial charge in [0.2, 0.25) is 0 Å². The summed E-state index contributed by atoms with van der Waals surface area (Å²) in [6.45, 7) is 6.56. The Morgan fingerprint density at radius 1 is 1.56 bits per heavy atom. The molecule has 0 bridgehead atoms. The van der Waals surface area contributed by atoms with Crippen molar-refractivity contribution in [2.24, 2.45) is 0 Å². The summed E-state index contributed by atoms with van der Waals surface area (Å²) in [5.41, 5.74) is -0.520. The standard InChI is InChI=1S/C7H14NO/c1-7(2,9)6-8-4-3-5-8/h3,9H,4-6H2,1-2H3. The lowest BCUT2D eigenvalue weighted by molar-refractivity contribution is 0.0289. The van der Waals surface area contributed by atoms with Crippen LogP contribution in [0.1, 0.15) is 13.8 Å². The molecule has 1 heterocycles. The highest BCUT2D eigenvalue weighted by Gasteiger charge is 2.21. The fraction of sp³-hybridized carbons (Fsp3) is 0.857. The van der Waals surface area contributed by atoms with Gasteiger partial charge in [-0.3, -0.25) is 4.90 Å². The Bertz CT molecular complexity index is 91.6. The van der Waals surface area contributed by atoms with Crippen molar-refractivity contribution < 1.29 is 5.11 Å². The third-order valence-corrected chi connectivity index (χ3v) is 1.39. The van der Waals surface area contributed by atoms with E-state index in [1.54, 1.807) is 0 Å². The van der Waals surface area contributed by atoms with E-state index in [1.807, 2.05) is 13.8 Å². The van der Waals surface area contributed by atoms with Gasteiger partial charge >= 0.3 is 0 Å². The van der Waals surface area contributed by atoms with Crippen molar-refractivity contribution in [1.29, 1.82) is 0 Å². The first-order valence-electron chi connectivity index (χ1n) is 3.34. The van der Waals surface area contributed by atoms with Gasteiger partial charge in [0.05, 0.1) is 5.60 Å². The predicted octanol–water partition coefficient (Wildman–Crippen LogP) is 0.277. The minimum absolute atomic E-state index is 0.520. The molecule has 1 rings (SSSR count). The van der Waals surface area contributed by atoms with Crippen LogP contribution < -0.4 is 0 Å². The number of hydrogen-bond donors (Lipinski definition) is 1. The van der Waals surface area contributed by atoms with Crippen LogP contribution in [0.3, 0.4) is 0 Å². The zero-order valence-corrected chi connectivity index (χ0v) is 6.09. The Morgan fingerprint density at radius 2 is 2.11 bits per heavy atom. The fourth-order valence-electron chi connectivity index (χ4n) is 0.988. The number of β-amino-alcohol motifs (C(OH)–C–C–N with tert-alkyl or cyclic N) is 1. The number of hydrogen-bond acceptors (Lipinski definition) is 2. The molecule has 0 spiro atoms. The molecule has 1 fully saturated rings. The minimum atomic E-state index is -0.520. The molecule has 1 aliphatic heterocycles. The van der Waals surface area contributed by atoms with Crippen LogP contribution in [0, 0.1) is 6.42 Å². The summed E-state index contributed by atoms with van der Waals surface area (Å²) in [5.74, 6) is 0. The molecule has 0 saturated carbocycles. The van der Waals surface area contributed by atoms with E-state index in [1.165, 1.54) is 0 Å². The van der Waals surface area contributed by atoms with E-state index in [-0.39, 0.29) is 0 Å². The molecule has 0 aromatic rings. The Morgan fingerprint density at radius 3 is 2.22 bits per heavy atom. The van der Waals surface area contributed by atoms with E-state index in [4.69, 9.17) is 0 Å². The Labute approximate surface area is 56.5 Å². The van der Waals surface area contributed by atoms with E-state index < -0.39 is 5.60 Å². The highest BCUT2D eigenvalue weighted by atomic mass is 16.3. The molecule has 0 unspecified atom stereocenters. The summed E-state index contributed by atoms with van der Waals surface area (Å²) in [6, 6.07) is 0. The molecule has 0 aliphatic carbocycles. The lowest BCUT2D eigenvalue weighted by Crippen LogP contribution is -2.46. The molecule has 2 nitrogen and oxygen atoms in total. The first kappa shape index (κ1) is 7.03. The summed E-state index contributed by atoms with van der Waals surface area (Å²) >= 11 is 0. The van der Waals surface area contributed by atoms with Crippen LogP contribution in [-0.4, -0.2) is 35.2 Å². The van der Waals surface area contributed by atoms with Crippen molar-refractivity contribution >= 4 is 0 Å². The Kier molecular flexibility index (Phi) is 1.78. The van der Waals surface area contributed by atoms with Crippen molar-refractivity contribution in [3.8, 4) is 0 Å². The molecule has 0 atom stereocenters. The van der Waals surface area contributed by atoms with Gasteiger partial charge in [-0.15, -0.1) is 0 Å². The molecule has 0 aromatic carbocycles. The van der Waals surface area contributed by atoms with Crippen molar-refractivity contribution in [2.45, 2.75) is 19.4 Å².